The molecule has 2 heterocycles. The lowest BCUT2D eigenvalue weighted by Gasteiger charge is -2.34. The van der Waals surface area contributed by atoms with Gasteiger partial charge in [0.25, 0.3) is 0 Å². The van der Waals surface area contributed by atoms with E-state index in [4.69, 9.17) is 4.74 Å². The molecule has 0 aromatic carbocycles. The van der Waals surface area contributed by atoms with Gasteiger partial charge >= 0.3 is 0 Å². The van der Waals surface area contributed by atoms with Crippen LogP contribution in [-0.4, -0.2) is 63.2 Å². The third kappa shape index (κ3) is 6.61. The molecular formula is C16H29IN4O3S2. The maximum Gasteiger partial charge on any atom is 0.191 e. The molecule has 1 saturated heterocycles. The Morgan fingerprint density at radius 2 is 2.08 bits per heavy atom. The number of rotatable bonds is 7. The van der Waals surface area contributed by atoms with Crippen molar-refractivity contribution in [3.05, 3.63) is 16.1 Å². The van der Waals surface area contributed by atoms with Crippen LogP contribution in [-0.2, 0) is 21.0 Å². The predicted octanol–water partition coefficient (Wildman–Crippen LogP) is 1.76. The van der Waals surface area contributed by atoms with Crippen LogP contribution in [0.2, 0.25) is 0 Å². The molecule has 1 aromatic rings. The minimum atomic E-state index is -3.21. The molecular weight excluding hydrogens is 487 g/mol. The predicted molar refractivity (Wildman–Crippen MR) is 118 cm³/mol. The van der Waals surface area contributed by atoms with Gasteiger partial charge in [0.05, 0.1) is 22.0 Å². The molecule has 0 amide bonds. The molecule has 1 fully saturated rings. The van der Waals surface area contributed by atoms with Gasteiger partial charge in [-0.05, 0) is 26.7 Å². The normalized spacial score (nSPS) is 17.4. The van der Waals surface area contributed by atoms with Crippen LogP contribution in [0.4, 0.5) is 0 Å². The van der Waals surface area contributed by atoms with E-state index in [2.05, 4.69) is 26.0 Å². The van der Waals surface area contributed by atoms with Crippen LogP contribution < -0.4 is 10.6 Å². The van der Waals surface area contributed by atoms with Crippen LogP contribution in [0.25, 0.3) is 0 Å². The lowest BCUT2D eigenvalue weighted by Crippen LogP contribution is -2.47. The highest BCUT2D eigenvalue weighted by molar-refractivity contribution is 14.0. The number of ether oxygens (including phenoxy) is 1. The van der Waals surface area contributed by atoms with E-state index in [9.17, 15) is 8.42 Å². The first-order chi connectivity index (χ1) is 11.9. The Morgan fingerprint density at radius 1 is 1.38 bits per heavy atom. The minimum Gasteiger partial charge on any atom is -0.381 e. The van der Waals surface area contributed by atoms with Crippen molar-refractivity contribution in [2.24, 2.45) is 4.99 Å². The highest BCUT2D eigenvalue weighted by Gasteiger charge is 2.42. The summed E-state index contributed by atoms with van der Waals surface area (Å²) >= 11 is 1.64. The molecule has 0 unspecified atom stereocenters. The van der Waals surface area contributed by atoms with E-state index in [0.29, 0.717) is 38.6 Å². The zero-order valence-electron chi connectivity index (χ0n) is 15.6. The fourth-order valence-electron chi connectivity index (χ4n) is 2.79. The van der Waals surface area contributed by atoms with E-state index in [1.807, 2.05) is 13.8 Å². The van der Waals surface area contributed by atoms with Gasteiger partial charge in [0.2, 0.25) is 0 Å². The fourth-order valence-corrected chi connectivity index (χ4v) is 4.64. The van der Waals surface area contributed by atoms with Crippen molar-refractivity contribution >= 4 is 51.1 Å². The van der Waals surface area contributed by atoms with Crippen LogP contribution in [0.15, 0.2) is 10.4 Å². The SMILES string of the molecule is CCNC(=NCC1(S(C)(=O)=O)CCOCC1)NCCc1csc(C)n1.I. The quantitative estimate of drug-likeness (QED) is 0.326. The standard InChI is InChI=1S/C16H28N4O3S2.HI/c1-4-17-15(18-8-5-14-11-24-13(2)20-14)19-12-16(25(3,21)22)6-9-23-10-7-16;/h11H,4-10,12H2,1-3H3,(H2,17,18,19);1H. The van der Waals surface area contributed by atoms with Crippen LogP contribution in [0.5, 0.6) is 0 Å². The summed E-state index contributed by atoms with van der Waals surface area (Å²) in [5.41, 5.74) is 1.06. The van der Waals surface area contributed by atoms with E-state index in [0.717, 1.165) is 23.7 Å². The Labute approximate surface area is 177 Å². The molecule has 26 heavy (non-hydrogen) atoms. The molecule has 0 aliphatic carbocycles. The second kappa shape index (κ2) is 10.8. The first-order valence-corrected chi connectivity index (χ1v) is 11.3. The van der Waals surface area contributed by atoms with E-state index >= 15 is 0 Å². The molecule has 0 bridgehead atoms. The van der Waals surface area contributed by atoms with Crippen molar-refractivity contribution in [1.29, 1.82) is 0 Å². The van der Waals surface area contributed by atoms with Crippen LogP contribution >= 0.6 is 35.3 Å². The molecule has 0 spiro atoms. The maximum atomic E-state index is 12.3. The average Bonchev–Trinajstić information content (AvgIpc) is 2.98. The van der Waals surface area contributed by atoms with Gasteiger partial charge in [-0.3, -0.25) is 4.99 Å². The zero-order valence-corrected chi connectivity index (χ0v) is 19.5. The Bertz CT molecular complexity index is 685. The number of aliphatic imine (C=N–C) groups is 1. The van der Waals surface area contributed by atoms with Crippen molar-refractivity contribution in [3.63, 3.8) is 0 Å². The number of aryl methyl sites for hydroxylation is 1. The highest BCUT2D eigenvalue weighted by atomic mass is 127. The number of nitrogens with one attached hydrogen (secondary N) is 2. The largest absolute Gasteiger partial charge is 0.381 e. The van der Waals surface area contributed by atoms with Gasteiger partial charge in [-0.15, -0.1) is 35.3 Å². The number of hydrogen-bond donors (Lipinski definition) is 2. The van der Waals surface area contributed by atoms with Crippen LogP contribution in [0.3, 0.4) is 0 Å². The number of halogens is 1. The van der Waals surface area contributed by atoms with Crippen molar-refractivity contribution in [3.8, 4) is 0 Å². The highest BCUT2D eigenvalue weighted by Crippen LogP contribution is 2.29. The topological polar surface area (TPSA) is 92.7 Å². The lowest BCUT2D eigenvalue weighted by molar-refractivity contribution is 0.0768. The average molecular weight is 516 g/mol. The van der Waals surface area contributed by atoms with Gasteiger partial charge in [-0.2, -0.15) is 0 Å². The number of guanidine groups is 1. The third-order valence-corrected chi connectivity index (χ3v) is 7.33. The Kier molecular flexibility index (Phi) is 9.76. The van der Waals surface area contributed by atoms with E-state index in [1.165, 1.54) is 6.26 Å². The summed E-state index contributed by atoms with van der Waals surface area (Å²) in [7, 11) is -3.21. The number of nitrogens with zero attached hydrogens (tertiary/aromatic N) is 2. The number of thiazole rings is 1. The second-order valence-electron chi connectivity index (χ2n) is 6.30. The first kappa shape index (κ1) is 23.6. The molecule has 7 nitrogen and oxygen atoms in total. The summed E-state index contributed by atoms with van der Waals surface area (Å²) in [4.78, 5) is 9.00. The second-order valence-corrected chi connectivity index (χ2v) is 9.77. The third-order valence-electron chi connectivity index (χ3n) is 4.40. The van der Waals surface area contributed by atoms with E-state index in [-0.39, 0.29) is 30.5 Å². The summed E-state index contributed by atoms with van der Waals surface area (Å²) in [5.74, 6) is 0.643. The molecule has 1 aliphatic rings. The number of aromatic nitrogens is 1. The monoisotopic (exact) mass is 516 g/mol. The van der Waals surface area contributed by atoms with Crippen LogP contribution in [0, 0.1) is 6.92 Å². The summed E-state index contributed by atoms with van der Waals surface area (Å²) in [6, 6.07) is 0. The van der Waals surface area contributed by atoms with Gasteiger partial charge in [-0.1, -0.05) is 0 Å². The van der Waals surface area contributed by atoms with Crippen molar-refractivity contribution in [2.75, 3.05) is 39.1 Å². The van der Waals surface area contributed by atoms with Gasteiger partial charge in [0.1, 0.15) is 0 Å². The number of sulfone groups is 1. The van der Waals surface area contributed by atoms with E-state index in [1.54, 1.807) is 11.3 Å². The molecule has 1 aromatic heterocycles. The molecule has 150 valence electrons. The molecule has 2 N–H and O–H groups in total. The molecule has 10 heteroatoms. The van der Waals surface area contributed by atoms with Gasteiger partial charge in [0, 0.05) is 44.4 Å². The first-order valence-electron chi connectivity index (χ1n) is 8.57. The molecule has 0 atom stereocenters. The fraction of sp³-hybridized carbons (Fsp3) is 0.750. The van der Waals surface area contributed by atoms with Crippen molar-refractivity contribution < 1.29 is 13.2 Å². The van der Waals surface area contributed by atoms with E-state index < -0.39 is 14.6 Å². The van der Waals surface area contributed by atoms with Crippen molar-refractivity contribution in [1.82, 2.24) is 15.6 Å². The lowest BCUT2D eigenvalue weighted by atomic mass is 9.99. The summed E-state index contributed by atoms with van der Waals surface area (Å²) in [6.45, 7) is 6.58. The Hall–Kier alpha value is -0.460. The maximum absolute atomic E-state index is 12.3. The Balaban J connectivity index is 0.00000338. The van der Waals surface area contributed by atoms with Crippen molar-refractivity contribution in [2.45, 2.75) is 37.9 Å². The van der Waals surface area contributed by atoms with Gasteiger partial charge in [0.15, 0.2) is 15.8 Å². The number of hydrogen-bond acceptors (Lipinski definition) is 6. The molecule has 0 saturated carbocycles. The zero-order chi connectivity index (χ0) is 18.3. The van der Waals surface area contributed by atoms with Crippen LogP contribution in [0.1, 0.15) is 30.5 Å². The molecule has 1 aliphatic heterocycles. The Morgan fingerprint density at radius 3 is 2.62 bits per heavy atom. The van der Waals surface area contributed by atoms with Gasteiger partial charge < -0.3 is 15.4 Å². The summed E-state index contributed by atoms with van der Waals surface area (Å²) in [6.07, 6.45) is 3.10. The summed E-state index contributed by atoms with van der Waals surface area (Å²) < 4.78 is 29.1. The molecule has 2 rings (SSSR count). The molecule has 0 radical (unpaired) electrons. The van der Waals surface area contributed by atoms with Gasteiger partial charge in [-0.25, -0.2) is 13.4 Å². The summed E-state index contributed by atoms with van der Waals surface area (Å²) in [5, 5.41) is 9.56. The smallest absolute Gasteiger partial charge is 0.191 e. The minimum absolute atomic E-state index is 0.